The Morgan fingerprint density at radius 2 is 1.50 bits per heavy atom. The molecule has 0 aromatic heterocycles. The molecule has 28 heavy (non-hydrogen) atoms. The minimum absolute atomic E-state index is 0.252. The van der Waals surface area contributed by atoms with Crippen LogP contribution in [0.15, 0.2) is 72.8 Å². The van der Waals surface area contributed by atoms with E-state index in [0.717, 1.165) is 0 Å². The van der Waals surface area contributed by atoms with E-state index in [4.69, 9.17) is 16.3 Å². The minimum atomic E-state index is -0.319. The lowest BCUT2D eigenvalue weighted by molar-refractivity contribution is 0.101. The lowest BCUT2D eigenvalue weighted by Gasteiger charge is -2.10. The van der Waals surface area contributed by atoms with E-state index in [-0.39, 0.29) is 11.8 Å². The van der Waals surface area contributed by atoms with Crippen molar-refractivity contribution in [2.24, 2.45) is 0 Å². The molecule has 142 valence electrons. The van der Waals surface area contributed by atoms with Gasteiger partial charge in [0.2, 0.25) is 0 Å². The second-order valence-electron chi connectivity index (χ2n) is 5.93. The van der Waals surface area contributed by atoms with Gasteiger partial charge < -0.3 is 15.4 Å². The molecule has 0 atom stereocenters. The number of hydrogen-bond acceptors (Lipinski definition) is 3. The van der Waals surface area contributed by atoms with Crippen LogP contribution in [0.4, 0.5) is 11.4 Å². The molecule has 0 heterocycles. The summed E-state index contributed by atoms with van der Waals surface area (Å²) in [5.41, 5.74) is 2.01. The summed E-state index contributed by atoms with van der Waals surface area (Å²) >= 11 is 6.06. The number of hydrogen-bond donors (Lipinski definition) is 2. The van der Waals surface area contributed by atoms with E-state index in [1.807, 2.05) is 6.92 Å². The van der Waals surface area contributed by atoms with E-state index in [9.17, 15) is 9.59 Å². The number of halogens is 1. The molecule has 6 heteroatoms. The third-order valence-corrected chi connectivity index (χ3v) is 4.25. The van der Waals surface area contributed by atoms with Crippen LogP contribution in [-0.2, 0) is 0 Å². The summed E-state index contributed by atoms with van der Waals surface area (Å²) in [6.45, 7) is 2.47. The number of carbonyl (C=O) groups is 2. The highest BCUT2D eigenvalue weighted by Gasteiger charge is 2.11. The zero-order valence-corrected chi connectivity index (χ0v) is 16.0. The first-order valence-electron chi connectivity index (χ1n) is 8.77. The second kappa shape index (κ2) is 9.06. The minimum Gasteiger partial charge on any atom is -0.494 e. The summed E-state index contributed by atoms with van der Waals surface area (Å²) in [5.74, 6) is 0.140. The molecule has 0 bridgehead atoms. The molecule has 3 aromatic carbocycles. The van der Waals surface area contributed by atoms with Gasteiger partial charge in [0.05, 0.1) is 17.2 Å². The van der Waals surface area contributed by atoms with Crippen molar-refractivity contribution in [3.05, 3.63) is 88.9 Å². The van der Waals surface area contributed by atoms with Gasteiger partial charge in [-0.2, -0.15) is 0 Å². The van der Waals surface area contributed by atoms with Crippen LogP contribution >= 0.6 is 11.6 Å². The monoisotopic (exact) mass is 394 g/mol. The molecule has 5 nitrogen and oxygen atoms in total. The summed E-state index contributed by atoms with van der Waals surface area (Å²) in [7, 11) is 0. The predicted molar refractivity (Wildman–Crippen MR) is 111 cm³/mol. The summed E-state index contributed by atoms with van der Waals surface area (Å²) < 4.78 is 5.38. The van der Waals surface area contributed by atoms with Crippen molar-refractivity contribution in [3.63, 3.8) is 0 Å². The average molecular weight is 395 g/mol. The first-order chi connectivity index (χ1) is 13.6. The zero-order chi connectivity index (χ0) is 19.9. The number of ether oxygens (including phenoxy) is 1. The average Bonchev–Trinajstić information content (AvgIpc) is 2.69. The molecule has 3 rings (SSSR count). The molecule has 0 aliphatic heterocycles. The van der Waals surface area contributed by atoms with Gasteiger partial charge in [0.15, 0.2) is 0 Å². The maximum atomic E-state index is 12.4. The highest BCUT2D eigenvalue weighted by Crippen LogP contribution is 2.20. The number of rotatable bonds is 6. The van der Waals surface area contributed by atoms with E-state index in [1.165, 1.54) is 0 Å². The Morgan fingerprint density at radius 1 is 0.857 bits per heavy atom. The Kier molecular flexibility index (Phi) is 6.29. The highest BCUT2D eigenvalue weighted by atomic mass is 35.5. The molecule has 0 aliphatic carbocycles. The van der Waals surface area contributed by atoms with Gasteiger partial charge in [-0.1, -0.05) is 29.8 Å². The van der Waals surface area contributed by atoms with Crippen LogP contribution in [0.2, 0.25) is 5.02 Å². The van der Waals surface area contributed by atoms with Crippen LogP contribution in [0.3, 0.4) is 0 Å². The van der Waals surface area contributed by atoms with Crippen LogP contribution in [-0.4, -0.2) is 18.4 Å². The van der Waals surface area contributed by atoms with Gasteiger partial charge in [0.1, 0.15) is 5.75 Å². The van der Waals surface area contributed by atoms with Gasteiger partial charge in [-0.25, -0.2) is 0 Å². The van der Waals surface area contributed by atoms with Gasteiger partial charge in [-0.05, 0) is 61.5 Å². The van der Waals surface area contributed by atoms with Crippen LogP contribution in [0, 0.1) is 0 Å². The van der Waals surface area contributed by atoms with Crippen molar-refractivity contribution in [2.45, 2.75) is 6.92 Å². The molecule has 3 aromatic rings. The van der Waals surface area contributed by atoms with E-state index < -0.39 is 0 Å². The Hall–Kier alpha value is -3.31. The quantitative estimate of drug-likeness (QED) is 0.600. The van der Waals surface area contributed by atoms with Crippen LogP contribution in [0.5, 0.6) is 5.75 Å². The largest absolute Gasteiger partial charge is 0.494 e. The molecule has 2 N–H and O–H groups in total. The third kappa shape index (κ3) is 4.90. The van der Waals surface area contributed by atoms with Gasteiger partial charge in [0.25, 0.3) is 11.8 Å². The molecule has 0 fully saturated rings. The number of amides is 2. The third-order valence-electron chi connectivity index (χ3n) is 3.92. The fourth-order valence-electron chi connectivity index (χ4n) is 2.59. The van der Waals surface area contributed by atoms with E-state index in [1.54, 1.807) is 72.8 Å². The van der Waals surface area contributed by atoms with Gasteiger partial charge >= 0.3 is 0 Å². The molecule has 0 saturated heterocycles. The number of carbonyl (C=O) groups excluding carboxylic acids is 2. The zero-order valence-electron chi connectivity index (χ0n) is 15.2. The Morgan fingerprint density at radius 3 is 2.14 bits per heavy atom. The number of nitrogens with one attached hydrogen (secondary N) is 2. The Labute approximate surface area is 168 Å². The molecule has 2 amide bonds. The van der Waals surface area contributed by atoms with Crippen LogP contribution in [0.25, 0.3) is 0 Å². The van der Waals surface area contributed by atoms with E-state index in [2.05, 4.69) is 10.6 Å². The smallest absolute Gasteiger partial charge is 0.257 e. The van der Waals surface area contributed by atoms with Gasteiger partial charge in [-0.15, -0.1) is 0 Å². The Balaban J connectivity index is 1.68. The van der Waals surface area contributed by atoms with Crippen LogP contribution < -0.4 is 15.4 Å². The Bertz CT molecular complexity index is 987. The van der Waals surface area contributed by atoms with Crippen molar-refractivity contribution in [1.82, 2.24) is 0 Å². The fourth-order valence-corrected chi connectivity index (χ4v) is 2.81. The predicted octanol–water partition coefficient (Wildman–Crippen LogP) is 5.24. The van der Waals surface area contributed by atoms with E-state index in [0.29, 0.717) is 39.9 Å². The van der Waals surface area contributed by atoms with Crippen molar-refractivity contribution >= 4 is 34.8 Å². The molecule has 0 aliphatic rings. The molecule has 0 unspecified atom stereocenters. The lowest BCUT2D eigenvalue weighted by Crippen LogP contribution is -2.14. The van der Waals surface area contributed by atoms with Crippen molar-refractivity contribution < 1.29 is 14.3 Å². The second-order valence-corrected chi connectivity index (χ2v) is 6.33. The normalized spacial score (nSPS) is 10.2. The van der Waals surface area contributed by atoms with Crippen LogP contribution in [0.1, 0.15) is 27.6 Å². The summed E-state index contributed by atoms with van der Waals surface area (Å²) in [6, 6.07) is 20.6. The molecular weight excluding hydrogens is 376 g/mol. The van der Waals surface area contributed by atoms with Crippen molar-refractivity contribution in [1.29, 1.82) is 0 Å². The van der Waals surface area contributed by atoms with Crippen molar-refractivity contribution in [2.75, 3.05) is 17.2 Å². The number of benzene rings is 3. The SMILES string of the molecule is CCOc1ccc(C(=O)Nc2cccc(NC(=O)c3ccccc3Cl)c2)cc1. The maximum Gasteiger partial charge on any atom is 0.257 e. The molecule has 0 radical (unpaired) electrons. The van der Waals surface area contributed by atoms with Crippen molar-refractivity contribution in [3.8, 4) is 5.75 Å². The van der Waals surface area contributed by atoms with E-state index >= 15 is 0 Å². The maximum absolute atomic E-state index is 12.4. The topological polar surface area (TPSA) is 67.4 Å². The molecule has 0 spiro atoms. The summed E-state index contributed by atoms with van der Waals surface area (Å²) in [4.78, 5) is 24.8. The first kappa shape index (κ1) is 19.5. The fraction of sp³-hybridized carbons (Fsp3) is 0.0909. The lowest BCUT2D eigenvalue weighted by atomic mass is 10.2. The highest BCUT2D eigenvalue weighted by molar-refractivity contribution is 6.34. The molecule has 0 saturated carbocycles. The number of anilines is 2. The van der Waals surface area contributed by atoms with Gasteiger partial charge in [0, 0.05) is 16.9 Å². The standard InChI is InChI=1S/C22H19ClN2O3/c1-2-28-18-12-10-15(11-13-18)21(26)24-16-6-5-7-17(14-16)25-22(27)19-8-3-4-9-20(19)23/h3-14H,2H2,1H3,(H,24,26)(H,25,27). The first-order valence-corrected chi connectivity index (χ1v) is 9.15. The molecular formula is C22H19ClN2O3. The van der Waals surface area contributed by atoms with Gasteiger partial charge in [-0.3, -0.25) is 9.59 Å². The summed E-state index contributed by atoms with van der Waals surface area (Å²) in [5, 5.41) is 5.98. The summed E-state index contributed by atoms with van der Waals surface area (Å²) in [6.07, 6.45) is 0.